The molecule has 0 saturated carbocycles. The van der Waals surface area contributed by atoms with Gasteiger partial charge in [-0.15, -0.1) is 0 Å². The van der Waals surface area contributed by atoms with E-state index in [-0.39, 0.29) is 18.2 Å². The summed E-state index contributed by atoms with van der Waals surface area (Å²) in [4.78, 5) is 11.6. The zero-order valence-corrected chi connectivity index (χ0v) is 13.8. The molecule has 1 heterocycles. The molecule has 0 spiro atoms. The monoisotopic (exact) mass is 339 g/mol. The molecular formula is C19H18FN3O2. The Hall–Kier alpha value is -3.15. The molecule has 2 N–H and O–H groups in total. The van der Waals surface area contributed by atoms with E-state index in [0.29, 0.717) is 29.4 Å². The Balaban J connectivity index is 1.93. The highest BCUT2D eigenvalue weighted by Gasteiger charge is 2.13. The number of carbonyl (C=O) groups is 1. The summed E-state index contributed by atoms with van der Waals surface area (Å²) >= 11 is 0. The first kappa shape index (κ1) is 16.7. The lowest BCUT2D eigenvalue weighted by Crippen LogP contribution is -2.08. The molecule has 0 atom stereocenters. The Bertz CT molecular complexity index is 905. The number of hydrogen-bond donors (Lipinski definition) is 1. The van der Waals surface area contributed by atoms with Gasteiger partial charge in [-0.3, -0.25) is 4.79 Å². The molecule has 25 heavy (non-hydrogen) atoms. The molecule has 2 aromatic carbocycles. The number of nitrogens with two attached hydrogens (primary N) is 1. The molecule has 6 heteroatoms. The van der Waals surface area contributed by atoms with E-state index in [9.17, 15) is 9.18 Å². The van der Waals surface area contributed by atoms with Crippen molar-refractivity contribution in [3.63, 3.8) is 0 Å². The summed E-state index contributed by atoms with van der Waals surface area (Å²) in [6.45, 7) is 2.11. The van der Waals surface area contributed by atoms with Crippen LogP contribution in [-0.2, 0) is 16.0 Å². The van der Waals surface area contributed by atoms with Crippen LogP contribution in [0.25, 0.3) is 16.9 Å². The summed E-state index contributed by atoms with van der Waals surface area (Å²) in [5.41, 5.74) is 8.37. The predicted molar refractivity (Wildman–Crippen MR) is 93.7 cm³/mol. The van der Waals surface area contributed by atoms with Crippen molar-refractivity contribution in [3.05, 3.63) is 66.0 Å². The normalized spacial score (nSPS) is 10.6. The van der Waals surface area contributed by atoms with Crippen LogP contribution in [0, 0.1) is 5.82 Å². The minimum absolute atomic E-state index is 0.170. The summed E-state index contributed by atoms with van der Waals surface area (Å²) in [7, 11) is 0. The molecular weight excluding hydrogens is 321 g/mol. The predicted octanol–water partition coefficient (Wildman–Crippen LogP) is 3.37. The summed E-state index contributed by atoms with van der Waals surface area (Å²) < 4.78 is 20.4. The largest absolute Gasteiger partial charge is 0.466 e. The second-order valence-corrected chi connectivity index (χ2v) is 5.50. The summed E-state index contributed by atoms with van der Waals surface area (Å²) in [6, 6.07) is 15.3. The smallest absolute Gasteiger partial charge is 0.310 e. The Morgan fingerprint density at radius 3 is 2.76 bits per heavy atom. The number of anilines is 1. The van der Waals surface area contributed by atoms with Crippen LogP contribution < -0.4 is 5.73 Å². The number of benzene rings is 2. The average molecular weight is 339 g/mol. The third-order valence-electron chi connectivity index (χ3n) is 3.70. The van der Waals surface area contributed by atoms with Crippen molar-refractivity contribution in [1.82, 2.24) is 9.78 Å². The maximum atomic E-state index is 14.0. The fraction of sp³-hybridized carbons (Fsp3) is 0.158. The molecule has 0 fully saturated rings. The quantitative estimate of drug-likeness (QED) is 0.724. The van der Waals surface area contributed by atoms with E-state index in [4.69, 9.17) is 10.5 Å². The Labute approximate surface area is 144 Å². The third-order valence-corrected chi connectivity index (χ3v) is 3.70. The van der Waals surface area contributed by atoms with Crippen molar-refractivity contribution in [2.45, 2.75) is 13.3 Å². The van der Waals surface area contributed by atoms with Gasteiger partial charge in [-0.2, -0.15) is 5.10 Å². The molecule has 3 aromatic rings. The molecule has 0 bridgehead atoms. The summed E-state index contributed by atoms with van der Waals surface area (Å²) in [5, 5.41) is 4.40. The molecule has 3 rings (SSSR count). The lowest BCUT2D eigenvalue weighted by molar-refractivity contribution is -0.142. The van der Waals surface area contributed by atoms with Crippen LogP contribution in [0.5, 0.6) is 0 Å². The number of nitrogen functional groups attached to an aromatic ring is 1. The Morgan fingerprint density at radius 2 is 2.00 bits per heavy atom. The van der Waals surface area contributed by atoms with Gasteiger partial charge < -0.3 is 10.5 Å². The first-order chi connectivity index (χ1) is 12.1. The van der Waals surface area contributed by atoms with Crippen LogP contribution in [0.2, 0.25) is 0 Å². The van der Waals surface area contributed by atoms with E-state index in [2.05, 4.69) is 5.10 Å². The number of esters is 1. The zero-order valence-electron chi connectivity index (χ0n) is 13.8. The van der Waals surface area contributed by atoms with Crippen LogP contribution in [0.3, 0.4) is 0 Å². The molecule has 0 saturated heterocycles. The van der Waals surface area contributed by atoms with Gasteiger partial charge in [-0.1, -0.05) is 24.3 Å². The van der Waals surface area contributed by atoms with Gasteiger partial charge in [-0.05, 0) is 36.8 Å². The minimum Gasteiger partial charge on any atom is -0.466 e. The van der Waals surface area contributed by atoms with Gasteiger partial charge in [0.15, 0.2) is 0 Å². The highest BCUT2D eigenvalue weighted by atomic mass is 19.1. The number of halogens is 1. The van der Waals surface area contributed by atoms with Gasteiger partial charge >= 0.3 is 5.97 Å². The van der Waals surface area contributed by atoms with Crippen molar-refractivity contribution < 1.29 is 13.9 Å². The van der Waals surface area contributed by atoms with Crippen molar-refractivity contribution >= 4 is 11.8 Å². The first-order valence-electron chi connectivity index (χ1n) is 7.94. The lowest BCUT2D eigenvalue weighted by Gasteiger charge is -2.07. The molecule has 5 nitrogen and oxygen atoms in total. The van der Waals surface area contributed by atoms with E-state index < -0.39 is 0 Å². The number of nitrogens with zero attached hydrogens (tertiary/aromatic N) is 2. The van der Waals surface area contributed by atoms with Crippen LogP contribution in [0.1, 0.15) is 12.5 Å². The van der Waals surface area contributed by atoms with Gasteiger partial charge in [0, 0.05) is 11.6 Å². The molecule has 1 aromatic heterocycles. The van der Waals surface area contributed by atoms with Crippen LogP contribution in [0.15, 0.2) is 54.6 Å². The van der Waals surface area contributed by atoms with E-state index in [1.165, 1.54) is 10.7 Å². The minimum atomic E-state index is -0.358. The summed E-state index contributed by atoms with van der Waals surface area (Å²) in [6.07, 6.45) is 0.170. The van der Waals surface area contributed by atoms with Crippen molar-refractivity contribution in [1.29, 1.82) is 0 Å². The highest BCUT2D eigenvalue weighted by molar-refractivity contribution is 5.73. The topological polar surface area (TPSA) is 70.1 Å². The summed E-state index contributed by atoms with van der Waals surface area (Å²) in [5.74, 6) is -0.269. The number of ether oxygens (including phenoxy) is 1. The maximum Gasteiger partial charge on any atom is 0.310 e. The number of carbonyl (C=O) groups excluding carboxylic acids is 1. The Kier molecular flexibility index (Phi) is 4.79. The van der Waals surface area contributed by atoms with Gasteiger partial charge in [0.25, 0.3) is 0 Å². The highest BCUT2D eigenvalue weighted by Crippen LogP contribution is 2.25. The maximum absolute atomic E-state index is 14.0. The number of aromatic nitrogens is 2. The van der Waals surface area contributed by atoms with E-state index in [1.807, 2.05) is 24.3 Å². The second kappa shape index (κ2) is 7.17. The molecule has 0 amide bonds. The van der Waals surface area contributed by atoms with Gasteiger partial charge in [0.1, 0.15) is 11.6 Å². The van der Waals surface area contributed by atoms with Gasteiger partial charge in [0.05, 0.1) is 24.4 Å². The first-order valence-corrected chi connectivity index (χ1v) is 7.94. The van der Waals surface area contributed by atoms with Crippen molar-refractivity contribution in [2.75, 3.05) is 12.3 Å². The SMILES string of the molecule is CCOC(=O)Cc1cccc(-n2nc(-c3ccccc3F)cc2N)c1. The third kappa shape index (κ3) is 3.68. The second-order valence-electron chi connectivity index (χ2n) is 5.50. The zero-order chi connectivity index (χ0) is 17.8. The number of hydrogen-bond acceptors (Lipinski definition) is 4. The van der Waals surface area contributed by atoms with Crippen molar-refractivity contribution in [3.8, 4) is 16.9 Å². The van der Waals surface area contributed by atoms with Crippen molar-refractivity contribution in [2.24, 2.45) is 0 Å². The standard InChI is InChI=1S/C19H18FN3O2/c1-2-25-19(24)11-13-6-5-7-14(10-13)23-18(21)12-17(22-23)15-8-3-4-9-16(15)20/h3-10,12H,2,11,21H2,1H3. The van der Waals surface area contributed by atoms with E-state index in [0.717, 1.165) is 5.56 Å². The number of rotatable bonds is 5. The van der Waals surface area contributed by atoms with E-state index in [1.54, 1.807) is 31.2 Å². The van der Waals surface area contributed by atoms with Crippen LogP contribution in [-0.4, -0.2) is 22.4 Å². The molecule has 0 radical (unpaired) electrons. The van der Waals surface area contributed by atoms with Crippen LogP contribution in [0.4, 0.5) is 10.2 Å². The van der Waals surface area contributed by atoms with E-state index >= 15 is 0 Å². The van der Waals surface area contributed by atoms with Crippen LogP contribution >= 0.6 is 0 Å². The lowest BCUT2D eigenvalue weighted by atomic mass is 10.1. The molecule has 0 aliphatic rings. The average Bonchev–Trinajstić information content (AvgIpc) is 2.97. The van der Waals surface area contributed by atoms with Gasteiger partial charge in [-0.25, -0.2) is 9.07 Å². The molecule has 0 unspecified atom stereocenters. The molecule has 128 valence electrons. The van der Waals surface area contributed by atoms with Gasteiger partial charge in [0.2, 0.25) is 0 Å². The Morgan fingerprint density at radius 1 is 1.20 bits per heavy atom. The fourth-order valence-corrected chi connectivity index (χ4v) is 2.58. The molecule has 0 aliphatic carbocycles. The molecule has 0 aliphatic heterocycles. The fourth-order valence-electron chi connectivity index (χ4n) is 2.58.